The Labute approximate surface area is 175 Å². The number of benzene rings is 1. The molecule has 0 atom stereocenters. The van der Waals surface area contributed by atoms with Crippen molar-refractivity contribution in [2.24, 2.45) is 0 Å². The molecule has 3 aromatic heterocycles. The summed E-state index contributed by atoms with van der Waals surface area (Å²) in [6, 6.07) is 10.1. The van der Waals surface area contributed by atoms with Crippen LogP contribution in [0.4, 0.5) is 11.4 Å². The summed E-state index contributed by atoms with van der Waals surface area (Å²) in [5, 5.41) is 19.0. The van der Waals surface area contributed by atoms with Crippen LogP contribution in [0.1, 0.15) is 9.80 Å². The molecular weight excluding hydrogens is 404 g/mol. The molecule has 0 radical (unpaired) electrons. The first-order valence-electron chi connectivity index (χ1n) is 9.31. The van der Waals surface area contributed by atoms with E-state index in [9.17, 15) is 4.79 Å². The number of anilines is 2. The van der Waals surface area contributed by atoms with Gasteiger partial charge in [-0.05, 0) is 12.1 Å². The predicted molar refractivity (Wildman–Crippen MR) is 118 cm³/mol. The maximum Gasteiger partial charge on any atom is 0.286 e. The molecule has 9 heteroatoms. The molecule has 0 aliphatic carbocycles. The summed E-state index contributed by atoms with van der Waals surface area (Å²) in [6.07, 6.45) is 3.43. The third kappa shape index (κ3) is 3.59. The highest BCUT2D eigenvalue weighted by molar-refractivity contribution is 7.19. The standard InChI is InChI=1S/C20H18N6OS2/c27-18(23-15-11-22-6-5-16(15)26-9-7-21-8-10-26)20-25-24-19(29-20)14-12-28-17-4-2-1-3-13(14)17/h1-6,11-12,21H,7-10H2,(H,23,27). The van der Waals surface area contributed by atoms with Gasteiger partial charge in [0.15, 0.2) is 0 Å². The molecule has 4 heterocycles. The lowest BCUT2D eigenvalue weighted by Crippen LogP contribution is -2.43. The van der Waals surface area contributed by atoms with Gasteiger partial charge in [0.2, 0.25) is 5.01 Å². The molecule has 0 saturated carbocycles. The second kappa shape index (κ2) is 7.86. The van der Waals surface area contributed by atoms with Crippen LogP contribution in [0, 0.1) is 0 Å². The van der Waals surface area contributed by atoms with Crippen LogP contribution in [0.5, 0.6) is 0 Å². The largest absolute Gasteiger partial charge is 0.367 e. The molecule has 1 aliphatic rings. The van der Waals surface area contributed by atoms with Crippen LogP contribution in [0.15, 0.2) is 48.1 Å². The molecule has 0 spiro atoms. The van der Waals surface area contributed by atoms with Gasteiger partial charge in [-0.25, -0.2) is 0 Å². The smallest absolute Gasteiger partial charge is 0.286 e. The summed E-state index contributed by atoms with van der Waals surface area (Å²) >= 11 is 2.97. The zero-order valence-corrected chi connectivity index (χ0v) is 17.1. The van der Waals surface area contributed by atoms with Gasteiger partial charge >= 0.3 is 0 Å². The fourth-order valence-corrected chi connectivity index (χ4v) is 5.20. The number of pyridine rings is 1. The minimum atomic E-state index is -0.266. The molecule has 4 aromatic rings. The topological polar surface area (TPSA) is 83.0 Å². The van der Waals surface area contributed by atoms with E-state index in [1.54, 1.807) is 23.7 Å². The lowest BCUT2D eigenvalue weighted by Gasteiger charge is -2.30. The first-order chi connectivity index (χ1) is 14.3. The van der Waals surface area contributed by atoms with Crippen molar-refractivity contribution in [1.29, 1.82) is 0 Å². The number of carbonyl (C=O) groups excluding carboxylic acids is 1. The van der Waals surface area contributed by atoms with E-state index in [1.165, 1.54) is 16.0 Å². The molecule has 146 valence electrons. The van der Waals surface area contributed by atoms with E-state index in [0.717, 1.165) is 47.8 Å². The van der Waals surface area contributed by atoms with Crippen molar-refractivity contribution in [3.63, 3.8) is 0 Å². The summed E-state index contributed by atoms with van der Waals surface area (Å²) in [4.78, 5) is 19.3. The molecule has 0 bridgehead atoms. The maximum absolute atomic E-state index is 12.8. The van der Waals surface area contributed by atoms with E-state index in [4.69, 9.17) is 0 Å². The molecule has 7 nitrogen and oxygen atoms in total. The van der Waals surface area contributed by atoms with Gasteiger partial charge in [-0.3, -0.25) is 9.78 Å². The Kier molecular flexibility index (Phi) is 4.92. The van der Waals surface area contributed by atoms with Gasteiger partial charge < -0.3 is 15.5 Å². The van der Waals surface area contributed by atoms with Crippen LogP contribution >= 0.6 is 22.7 Å². The molecule has 2 N–H and O–H groups in total. The van der Waals surface area contributed by atoms with Crippen molar-refractivity contribution < 1.29 is 4.79 Å². The molecule has 1 aromatic carbocycles. The number of nitrogens with one attached hydrogen (secondary N) is 2. The molecular formula is C20H18N6OS2. The predicted octanol–water partition coefficient (Wildman–Crippen LogP) is 3.48. The Hall–Kier alpha value is -2.88. The maximum atomic E-state index is 12.8. The number of nitrogens with zero attached hydrogens (tertiary/aromatic N) is 4. The number of hydrogen-bond acceptors (Lipinski definition) is 8. The van der Waals surface area contributed by atoms with E-state index >= 15 is 0 Å². The van der Waals surface area contributed by atoms with Crippen LogP contribution in [0.25, 0.3) is 20.7 Å². The van der Waals surface area contributed by atoms with Gasteiger partial charge in [-0.2, -0.15) is 0 Å². The number of carbonyl (C=O) groups is 1. The Morgan fingerprint density at radius 1 is 1.14 bits per heavy atom. The molecule has 0 unspecified atom stereocenters. The van der Waals surface area contributed by atoms with Crippen molar-refractivity contribution >= 4 is 50.0 Å². The van der Waals surface area contributed by atoms with Crippen molar-refractivity contribution in [1.82, 2.24) is 20.5 Å². The average molecular weight is 423 g/mol. The molecule has 1 amide bonds. The number of aromatic nitrogens is 3. The molecule has 29 heavy (non-hydrogen) atoms. The lowest BCUT2D eigenvalue weighted by atomic mass is 10.2. The molecule has 1 saturated heterocycles. The summed E-state index contributed by atoms with van der Waals surface area (Å²) < 4.78 is 1.19. The van der Waals surface area contributed by atoms with E-state index in [-0.39, 0.29) is 5.91 Å². The molecule has 1 fully saturated rings. The fraction of sp³-hybridized carbons (Fsp3) is 0.200. The van der Waals surface area contributed by atoms with Gasteiger partial charge in [0.05, 0.1) is 17.6 Å². The first kappa shape index (κ1) is 18.2. The van der Waals surface area contributed by atoms with Crippen LogP contribution in [-0.4, -0.2) is 47.3 Å². The Morgan fingerprint density at radius 2 is 2.00 bits per heavy atom. The van der Waals surface area contributed by atoms with Gasteiger partial charge in [0.1, 0.15) is 5.01 Å². The zero-order chi connectivity index (χ0) is 19.6. The monoisotopic (exact) mass is 422 g/mol. The summed E-state index contributed by atoms with van der Waals surface area (Å²) in [5.74, 6) is -0.266. The normalized spacial score (nSPS) is 14.3. The van der Waals surface area contributed by atoms with Crippen LogP contribution < -0.4 is 15.5 Å². The minimum absolute atomic E-state index is 0.266. The Morgan fingerprint density at radius 3 is 2.90 bits per heavy atom. The van der Waals surface area contributed by atoms with Crippen LogP contribution in [0.2, 0.25) is 0 Å². The number of rotatable bonds is 4. The zero-order valence-electron chi connectivity index (χ0n) is 15.5. The van der Waals surface area contributed by atoms with E-state index in [0.29, 0.717) is 10.7 Å². The summed E-state index contributed by atoms with van der Waals surface area (Å²) in [6.45, 7) is 3.62. The van der Waals surface area contributed by atoms with Crippen LogP contribution in [-0.2, 0) is 0 Å². The Bertz CT molecular complexity index is 1160. The summed E-state index contributed by atoms with van der Waals surface area (Å²) in [7, 11) is 0. The van der Waals surface area contributed by atoms with Gasteiger partial charge in [0, 0.05) is 53.4 Å². The van der Waals surface area contributed by atoms with E-state index in [1.807, 2.05) is 18.2 Å². The highest BCUT2D eigenvalue weighted by Gasteiger charge is 2.19. The van der Waals surface area contributed by atoms with Crippen molar-refractivity contribution in [3.05, 3.63) is 53.1 Å². The molecule has 1 aliphatic heterocycles. The van der Waals surface area contributed by atoms with Crippen LogP contribution in [0.3, 0.4) is 0 Å². The van der Waals surface area contributed by atoms with Gasteiger partial charge in [-0.15, -0.1) is 21.5 Å². The number of thiophene rings is 1. The highest BCUT2D eigenvalue weighted by Crippen LogP contribution is 2.35. The first-order valence-corrected chi connectivity index (χ1v) is 11.0. The van der Waals surface area contributed by atoms with Crippen molar-refractivity contribution in [2.45, 2.75) is 0 Å². The van der Waals surface area contributed by atoms with Crippen molar-refractivity contribution in [3.8, 4) is 10.6 Å². The third-order valence-electron chi connectivity index (χ3n) is 4.83. The number of piperazine rings is 1. The second-order valence-corrected chi connectivity index (χ2v) is 8.53. The quantitative estimate of drug-likeness (QED) is 0.524. The SMILES string of the molecule is O=C(Nc1cnccc1N1CCNCC1)c1nnc(-c2csc3ccccc23)s1. The van der Waals surface area contributed by atoms with E-state index < -0.39 is 0 Å². The second-order valence-electron chi connectivity index (χ2n) is 6.64. The number of fused-ring (bicyclic) bond motifs is 1. The summed E-state index contributed by atoms with van der Waals surface area (Å²) in [5.41, 5.74) is 2.69. The third-order valence-corrected chi connectivity index (χ3v) is 6.75. The average Bonchev–Trinajstić information content (AvgIpc) is 3.42. The lowest BCUT2D eigenvalue weighted by molar-refractivity contribution is 0.102. The van der Waals surface area contributed by atoms with Gasteiger partial charge in [-0.1, -0.05) is 29.5 Å². The Balaban J connectivity index is 1.39. The molecule has 5 rings (SSSR count). The number of hydrogen-bond donors (Lipinski definition) is 2. The minimum Gasteiger partial charge on any atom is -0.367 e. The van der Waals surface area contributed by atoms with Gasteiger partial charge in [0.25, 0.3) is 5.91 Å². The fourth-order valence-electron chi connectivity index (χ4n) is 3.41. The number of amides is 1. The highest BCUT2D eigenvalue weighted by atomic mass is 32.1. The van der Waals surface area contributed by atoms with E-state index in [2.05, 4.69) is 48.2 Å². The van der Waals surface area contributed by atoms with Crippen molar-refractivity contribution in [2.75, 3.05) is 36.4 Å².